The number of nitrogens with one attached hydrogen (secondary N) is 1. The highest BCUT2D eigenvalue weighted by atomic mass is 19.1. The highest BCUT2D eigenvalue weighted by Crippen LogP contribution is 2.24. The molecule has 15 heavy (non-hydrogen) atoms. The second kappa shape index (κ2) is 3.98. The predicted molar refractivity (Wildman–Crippen MR) is 54.5 cm³/mol. The smallest absolute Gasteiger partial charge is 0.239 e. The molecule has 1 aliphatic carbocycles. The van der Waals surface area contributed by atoms with Crippen LogP contribution in [0.2, 0.25) is 0 Å². The predicted octanol–water partition coefficient (Wildman–Crippen LogP) is 1.10. The largest absolute Gasteiger partial charge is 0.368 e. The van der Waals surface area contributed by atoms with E-state index in [0.717, 1.165) is 12.8 Å². The van der Waals surface area contributed by atoms with Crippen LogP contribution in [0.1, 0.15) is 24.4 Å². The van der Waals surface area contributed by atoms with Crippen LogP contribution in [-0.2, 0) is 4.79 Å². The molecule has 0 spiro atoms. The molecule has 1 aromatic carbocycles. The second-order valence-corrected chi connectivity index (χ2v) is 3.83. The Morgan fingerprint density at radius 3 is 2.80 bits per heavy atom. The molecule has 1 fully saturated rings. The van der Waals surface area contributed by atoms with Gasteiger partial charge in [0.2, 0.25) is 5.91 Å². The number of primary amides is 1. The molecule has 1 saturated carbocycles. The molecule has 3 N–H and O–H groups in total. The molecular weight excluding hydrogens is 195 g/mol. The zero-order valence-corrected chi connectivity index (χ0v) is 8.24. The first kappa shape index (κ1) is 10.1. The van der Waals surface area contributed by atoms with E-state index in [2.05, 4.69) is 5.32 Å². The number of amides is 1. The number of nitrogens with two attached hydrogens (primary N) is 1. The number of halogens is 1. The number of benzene rings is 1. The lowest BCUT2D eigenvalue weighted by Gasteiger charge is -2.15. The number of hydrogen-bond donors (Lipinski definition) is 2. The van der Waals surface area contributed by atoms with Gasteiger partial charge < -0.3 is 5.73 Å². The van der Waals surface area contributed by atoms with Crippen LogP contribution < -0.4 is 11.1 Å². The maximum atomic E-state index is 13.0. The first-order chi connectivity index (χ1) is 7.16. The minimum Gasteiger partial charge on any atom is -0.368 e. The van der Waals surface area contributed by atoms with E-state index < -0.39 is 11.9 Å². The Hall–Kier alpha value is -1.42. The van der Waals surface area contributed by atoms with Crippen molar-refractivity contribution < 1.29 is 9.18 Å². The Kier molecular flexibility index (Phi) is 2.68. The topological polar surface area (TPSA) is 55.1 Å². The average molecular weight is 208 g/mol. The van der Waals surface area contributed by atoms with Crippen molar-refractivity contribution in [2.75, 3.05) is 0 Å². The van der Waals surface area contributed by atoms with Gasteiger partial charge in [-0.05, 0) is 30.5 Å². The molecule has 4 heteroatoms. The molecule has 1 atom stereocenters. The van der Waals surface area contributed by atoms with E-state index in [-0.39, 0.29) is 5.82 Å². The van der Waals surface area contributed by atoms with Crippen LogP contribution in [0.5, 0.6) is 0 Å². The number of hydrogen-bond acceptors (Lipinski definition) is 2. The van der Waals surface area contributed by atoms with Gasteiger partial charge in [-0.3, -0.25) is 10.1 Å². The molecule has 0 saturated heterocycles. The van der Waals surface area contributed by atoms with Crippen LogP contribution in [0.25, 0.3) is 0 Å². The lowest BCUT2D eigenvalue weighted by molar-refractivity contribution is -0.120. The summed E-state index contributed by atoms with van der Waals surface area (Å²) in [6, 6.07) is 5.74. The van der Waals surface area contributed by atoms with Crippen LogP contribution in [0, 0.1) is 5.82 Å². The van der Waals surface area contributed by atoms with Crippen molar-refractivity contribution in [3.8, 4) is 0 Å². The third-order valence-corrected chi connectivity index (χ3v) is 2.45. The average Bonchev–Trinajstić information content (AvgIpc) is 2.97. The molecule has 1 amide bonds. The monoisotopic (exact) mass is 208 g/mol. The van der Waals surface area contributed by atoms with Gasteiger partial charge in [-0.1, -0.05) is 12.1 Å². The van der Waals surface area contributed by atoms with Gasteiger partial charge in [0.25, 0.3) is 0 Å². The standard InChI is InChI=1S/C11H13FN2O/c12-8-3-1-2-7(6-8)10(11(13)15)14-9-4-5-9/h1-3,6,9-10,14H,4-5H2,(H2,13,15). The van der Waals surface area contributed by atoms with Gasteiger partial charge in [0.1, 0.15) is 11.9 Å². The quantitative estimate of drug-likeness (QED) is 0.778. The molecule has 80 valence electrons. The van der Waals surface area contributed by atoms with Gasteiger partial charge in [-0.15, -0.1) is 0 Å². The van der Waals surface area contributed by atoms with E-state index >= 15 is 0 Å². The molecule has 1 unspecified atom stereocenters. The van der Waals surface area contributed by atoms with E-state index in [4.69, 9.17) is 5.73 Å². The van der Waals surface area contributed by atoms with Gasteiger partial charge in [0, 0.05) is 6.04 Å². The maximum Gasteiger partial charge on any atom is 0.239 e. The molecule has 0 aromatic heterocycles. The summed E-state index contributed by atoms with van der Waals surface area (Å²) in [5, 5.41) is 3.09. The Morgan fingerprint density at radius 2 is 2.27 bits per heavy atom. The van der Waals surface area contributed by atoms with E-state index in [1.807, 2.05) is 0 Å². The van der Waals surface area contributed by atoms with E-state index in [1.54, 1.807) is 12.1 Å². The van der Waals surface area contributed by atoms with Gasteiger partial charge in [-0.2, -0.15) is 0 Å². The minimum absolute atomic E-state index is 0.351. The fraction of sp³-hybridized carbons (Fsp3) is 0.364. The van der Waals surface area contributed by atoms with Gasteiger partial charge in [-0.25, -0.2) is 4.39 Å². The van der Waals surface area contributed by atoms with E-state index in [9.17, 15) is 9.18 Å². The first-order valence-electron chi connectivity index (χ1n) is 4.97. The van der Waals surface area contributed by atoms with Crippen molar-refractivity contribution in [3.05, 3.63) is 35.6 Å². The fourth-order valence-corrected chi connectivity index (χ4v) is 1.51. The normalized spacial score (nSPS) is 17.4. The summed E-state index contributed by atoms with van der Waals surface area (Å²) in [7, 11) is 0. The van der Waals surface area contributed by atoms with E-state index in [1.165, 1.54) is 12.1 Å². The van der Waals surface area contributed by atoms with Crippen molar-refractivity contribution >= 4 is 5.91 Å². The Bertz CT molecular complexity index is 377. The van der Waals surface area contributed by atoms with Crippen LogP contribution in [-0.4, -0.2) is 11.9 Å². The molecule has 2 rings (SSSR count). The van der Waals surface area contributed by atoms with Gasteiger partial charge in [0.15, 0.2) is 0 Å². The summed E-state index contributed by atoms with van der Waals surface area (Å²) in [6.07, 6.45) is 2.11. The van der Waals surface area contributed by atoms with Crippen LogP contribution >= 0.6 is 0 Å². The Morgan fingerprint density at radius 1 is 1.53 bits per heavy atom. The number of rotatable bonds is 4. The summed E-state index contributed by atoms with van der Waals surface area (Å²) < 4.78 is 13.0. The highest BCUT2D eigenvalue weighted by Gasteiger charge is 2.28. The van der Waals surface area contributed by atoms with Crippen molar-refractivity contribution in [2.24, 2.45) is 5.73 Å². The lowest BCUT2D eigenvalue weighted by Crippen LogP contribution is -2.34. The molecule has 0 bridgehead atoms. The number of carbonyl (C=O) groups is 1. The minimum atomic E-state index is -0.576. The Labute approximate surface area is 87.5 Å². The summed E-state index contributed by atoms with van der Waals surface area (Å²) in [5.74, 6) is -0.816. The van der Waals surface area contributed by atoms with Crippen molar-refractivity contribution in [1.29, 1.82) is 0 Å². The molecule has 0 heterocycles. The third-order valence-electron chi connectivity index (χ3n) is 2.45. The molecule has 1 aliphatic rings. The summed E-state index contributed by atoms with van der Waals surface area (Å²) in [4.78, 5) is 11.2. The zero-order chi connectivity index (χ0) is 10.8. The maximum absolute atomic E-state index is 13.0. The van der Waals surface area contributed by atoms with Gasteiger partial charge in [0.05, 0.1) is 0 Å². The van der Waals surface area contributed by atoms with E-state index in [0.29, 0.717) is 11.6 Å². The highest BCUT2D eigenvalue weighted by molar-refractivity contribution is 5.81. The molecule has 3 nitrogen and oxygen atoms in total. The summed E-state index contributed by atoms with van der Waals surface area (Å²) >= 11 is 0. The van der Waals surface area contributed by atoms with Crippen molar-refractivity contribution in [2.45, 2.75) is 24.9 Å². The van der Waals surface area contributed by atoms with Gasteiger partial charge >= 0.3 is 0 Å². The lowest BCUT2D eigenvalue weighted by atomic mass is 10.1. The van der Waals surface area contributed by atoms with Crippen molar-refractivity contribution in [1.82, 2.24) is 5.32 Å². The summed E-state index contributed by atoms with van der Waals surface area (Å²) in [5.41, 5.74) is 5.86. The van der Waals surface area contributed by atoms with Crippen LogP contribution in [0.3, 0.4) is 0 Å². The van der Waals surface area contributed by atoms with Crippen molar-refractivity contribution in [3.63, 3.8) is 0 Å². The zero-order valence-electron chi connectivity index (χ0n) is 8.24. The first-order valence-corrected chi connectivity index (χ1v) is 4.97. The third kappa shape index (κ3) is 2.53. The van der Waals surface area contributed by atoms with Crippen LogP contribution in [0.15, 0.2) is 24.3 Å². The SMILES string of the molecule is NC(=O)C(NC1CC1)c1cccc(F)c1. The number of carbonyl (C=O) groups excluding carboxylic acids is 1. The summed E-state index contributed by atoms with van der Waals surface area (Å²) in [6.45, 7) is 0. The Balaban J connectivity index is 2.18. The second-order valence-electron chi connectivity index (χ2n) is 3.83. The molecular formula is C11H13FN2O. The molecule has 1 aromatic rings. The fourth-order valence-electron chi connectivity index (χ4n) is 1.51. The molecule has 0 aliphatic heterocycles. The molecule has 0 radical (unpaired) electrons. The van der Waals surface area contributed by atoms with Crippen LogP contribution in [0.4, 0.5) is 4.39 Å².